The van der Waals surface area contributed by atoms with Gasteiger partial charge in [-0.25, -0.2) is 27.2 Å². The van der Waals surface area contributed by atoms with Crippen LogP contribution >= 0.6 is 0 Å². The van der Waals surface area contributed by atoms with E-state index in [1.165, 1.54) is 12.5 Å². The molecule has 0 amide bonds. The van der Waals surface area contributed by atoms with Crippen molar-refractivity contribution < 1.29 is 22.0 Å². The van der Waals surface area contributed by atoms with Gasteiger partial charge in [-0.2, -0.15) is 0 Å². The second-order valence-corrected chi connectivity index (χ2v) is 7.19. The minimum Gasteiger partial charge on any atom is -0.369 e. The van der Waals surface area contributed by atoms with Gasteiger partial charge in [0.25, 0.3) is 0 Å². The van der Waals surface area contributed by atoms with Gasteiger partial charge in [-0.1, -0.05) is 0 Å². The van der Waals surface area contributed by atoms with E-state index < -0.39 is 39.6 Å². The van der Waals surface area contributed by atoms with Crippen LogP contribution < -0.4 is 10.0 Å². The monoisotopic (exact) mass is 407 g/mol. The van der Waals surface area contributed by atoms with Gasteiger partial charge in [-0.05, 0) is 30.9 Å². The van der Waals surface area contributed by atoms with Gasteiger partial charge in [0.05, 0.1) is 22.2 Å². The molecule has 28 heavy (non-hydrogen) atoms. The number of nitrogens with one attached hydrogen (secondary N) is 3. The molecular weight excluding hydrogens is 392 g/mol. The van der Waals surface area contributed by atoms with Gasteiger partial charge in [0.15, 0.2) is 5.82 Å². The van der Waals surface area contributed by atoms with E-state index in [1.807, 2.05) is 4.72 Å². The van der Waals surface area contributed by atoms with Crippen LogP contribution in [0.3, 0.4) is 0 Å². The van der Waals surface area contributed by atoms with Crippen LogP contribution in [0.1, 0.15) is 28.8 Å². The molecule has 0 aliphatic heterocycles. The number of hydrogen-bond donors (Lipinski definition) is 4. The van der Waals surface area contributed by atoms with Gasteiger partial charge >= 0.3 is 0 Å². The summed E-state index contributed by atoms with van der Waals surface area (Å²) < 4.78 is 52.4. The van der Waals surface area contributed by atoms with Crippen molar-refractivity contribution in [2.75, 3.05) is 16.6 Å². The first-order valence-corrected chi connectivity index (χ1v) is 9.63. The fourth-order valence-electron chi connectivity index (χ4n) is 2.92. The zero-order valence-electron chi connectivity index (χ0n) is 14.3. The standard InChI is InChI=1S/C17H15F2N5O3S/c18-10-3-4-11(24-28(26)27)14(19)13(10)15(25)9-6-21-17-12(9)16(22-7-23-17)20-5-8-1-2-8/h3-4,6-8,28H,1-2,5H2,(H,24,26,27)(H2,20,21,22,23). The molecule has 2 aromatic heterocycles. The number of thiol groups is 1. The van der Waals surface area contributed by atoms with Crippen LogP contribution in [0.2, 0.25) is 0 Å². The topological polar surface area (TPSA) is 117 Å². The Bertz CT molecular complexity index is 1150. The maximum Gasteiger partial charge on any atom is 0.222 e. The Morgan fingerprint density at radius 3 is 2.75 bits per heavy atom. The maximum atomic E-state index is 14.7. The zero-order valence-corrected chi connectivity index (χ0v) is 15.2. The Morgan fingerprint density at radius 2 is 2.04 bits per heavy atom. The van der Waals surface area contributed by atoms with Crippen LogP contribution in [0.5, 0.6) is 0 Å². The highest BCUT2D eigenvalue weighted by molar-refractivity contribution is 7.73. The van der Waals surface area contributed by atoms with Crippen molar-refractivity contribution in [1.29, 1.82) is 0 Å². The fraction of sp³-hybridized carbons (Fsp3) is 0.235. The van der Waals surface area contributed by atoms with E-state index in [9.17, 15) is 22.0 Å². The Balaban J connectivity index is 1.79. The quantitative estimate of drug-likeness (QED) is 0.353. The molecule has 3 aromatic rings. The van der Waals surface area contributed by atoms with E-state index in [2.05, 4.69) is 20.3 Å². The van der Waals surface area contributed by atoms with Crippen LogP contribution in [0.25, 0.3) is 11.0 Å². The lowest BCUT2D eigenvalue weighted by Crippen LogP contribution is -2.11. The Morgan fingerprint density at radius 1 is 1.25 bits per heavy atom. The first kappa shape index (κ1) is 18.3. The summed E-state index contributed by atoms with van der Waals surface area (Å²) in [4.78, 5) is 23.9. The molecule has 1 aliphatic carbocycles. The van der Waals surface area contributed by atoms with E-state index in [4.69, 9.17) is 0 Å². The molecule has 1 aromatic carbocycles. The van der Waals surface area contributed by atoms with E-state index in [-0.39, 0.29) is 5.56 Å². The summed E-state index contributed by atoms with van der Waals surface area (Å²) in [5.41, 5.74) is -1.05. The van der Waals surface area contributed by atoms with Crippen LogP contribution in [0, 0.1) is 17.6 Å². The molecule has 0 radical (unpaired) electrons. The molecule has 2 heterocycles. The van der Waals surface area contributed by atoms with E-state index in [0.717, 1.165) is 25.0 Å². The predicted molar refractivity (Wildman–Crippen MR) is 98.8 cm³/mol. The lowest BCUT2D eigenvalue weighted by Gasteiger charge is -2.09. The SMILES string of the molecule is O=C(c1c(F)ccc(N[SH](=O)=O)c1F)c1c[nH]c2ncnc(NCC3CC3)c12. The van der Waals surface area contributed by atoms with Gasteiger partial charge in [0.1, 0.15) is 23.6 Å². The molecule has 11 heteroatoms. The normalized spacial score (nSPS) is 13.8. The van der Waals surface area contributed by atoms with Crippen LogP contribution in [-0.4, -0.2) is 35.7 Å². The number of anilines is 2. The third kappa shape index (κ3) is 3.40. The van der Waals surface area contributed by atoms with Gasteiger partial charge in [-0.3, -0.25) is 9.52 Å². The summed E-state index contributed by atoms with van der Waals surface area (Å²) in [6, 6.07) is 1.74. The number of halogens is 2. The van der Waals surface area contributed by atoms with E-state index in [1.54, 1.807) is 0 Å². The second-order valence-electron chi connectivity index (χ2n) is 6.45. The molecule has 0 atom stereocenters. The Hall–Kier alpha value is -3.08. The predicted octanol–water partition coefficient (Wildman–Crippen LogP) is 2.23. The van der Waals surface area contributed by atoms with Crippen LogP contribution in [0.4, 0.5) is 20.3 Å². The lowest BCUT2D eigenvalue weighted by molar-refractivity contribution is 0.103. The number of aromatic amines is 1. The van der Waals surface area contributed by atoms with Gasteiger partial charge in [-0.15, -0.1) is 0 Å². The molecule has 146 valence electrons. The molecule has 0 bridgehead atoms. The highest BCUT2D eigenvalue weighted by Gasteiger charge is 2.27. The van der Waals surface area contributed by atoms with Crippen molar-refractivity contribution in [3.63, 3.8) is 0 Å². The van der Waals surface area contributed by atoms with Crippen LogP contribution in [0.15, 0.2) is 24.7 Å². The van der Waals surface area contributed by atoms with E-state index >= 15 is 0 Å². The molecule has 1 aliphatic rings. The number of rotatable bonds is 7. The second kappa shape index (κ2) is 7.15. The summed E-state index contributed by atoms with van der Waals surface area (Å²) >= 11 is 0. The van der Waals surface area contributed by atoms with Crippen molar-refractivity contribution in [2.24, 2.45) is 5.92 Å². The number of nitrogens with zero attached hydrogens (tertiary/aromatic N) is 2. The number of benzene rings is 1. The number of carbonyl (C=O) groups is 1. The third-order valence-corrected chi connectivity index (χ3v) is 4.92. The molecule has 8 nitrogen and oxygen atoms in total. The number of aromatic nitrogens is 3. The summed E-state index contributed by atoms with van der Waals surface area (Å²) in [7, 11) is -3.18. The summed E-state index contributed by atoms with van der Waals surface area (Å²) in [6.07, 6.45) is 4.84. The minimum absolute atomic E-state index is 0.0182. The maximum absolute atomic E-state index is 14.7. The number of carbonyl (C=O) groups excluding carboxylic acids is 1. The van der Waals surface area contributed by atoms with Gasteiger partial charge in [0.2, 0.25) is 16.7 Å². The Labute approximate surface area is 159 Å². The largest absolute Gasteiger partial charge is 0.369 e. The Kier molecular flexibility index (Phi) is 4.67. The molecule has 0 unspecified atom stereocenters. The highest BCUT2D eigenvalue weighted by Crippen LogP contribution is 2.32. The minimum atomic E-state index is -3.18. The molecule has 4 rings (SSSR count). The average molecular weight is 407 g/mol. The smallest absolute Gasteiger partial charge is 0.222 e. The van der Waals surface area contributed by atoms with Gasteiger partial charge in [0, 0.05) is 12.7 Å². The van der Waals surface area contributed by atoms with Crippen molar-refractivity contribution >= 4 is 39.2 Å². The molecule has 1 saturated carbocycles. The number of H-pyrrole nitrogens is 1. The number of ketones is 1. The highest BCUT2D eigenvalue weighted by atomic mass is 32.2. The summed E-state index contributed by atoms with van der Waals surface area (Å²) in [5.74, 6) is -2.42. The molecular formula is C17H15F2N5O3S. The summed E-state index contributed by atoms with van der Waals surface area (Å²) in [5, 5.41) is 3.47. The molecule has 0 spiro atoms. The third-order valence-electron chi connectivity index (χ3n) is 4.50. The van der Waals surface area contributed by atoms with Crippen molar-refractivity contribution in [3.05, 3.63) is 47.4 Å². The molecule has 3 N–H and O–H groups in total. The fourth-order valence-corrected chi connectivity index (χ4v) is 3.29. The molecule has 0 saturated heterocycles. The van der Waals surface area contributed by atoms with Crippen LogP contribution in [-0.2, 0) is 10.9 Å². The van der Waals surface area contributed by atoms with Crippen molar-refractivity contribution in [1.82, 2.24) is 15.0 Å². The molecule has 1 fully saturated rings. The average Bonchev–Trinajstić information content (AvgIpc) is 3.38. The van der Waals surface area contributed by atoms with Crippen molar-refractivity contribution in [3.8, 4) is 0 Å². The van der Waals surface area contributed by atoms with E-state index in [0.29, 0.717) is 29.3 Å². The number of hydrogen-bond acceptors (Lipinski definition) is 6. The first-order chi connectivity index (χ1) is 13.5. The van der Waals surface area contributed by atoms with Crippen molar-refractivity contribution in [2.45, 2.75) is 12.8 Å². The number of fused-ring (bicyclic) bond motifs is 1. The zero-order chi connectivity index (χ0) is 19.8. The van der Waals surface area contributed by atoms with Gasteiger partial charge < -0.3 is 10.3 Å². The lowest BCUT2D eigenvalue weighted by atomic mass is 10.0. The first-order valence-electron chi connectivity index (χ1n) is 8.45. The summed E-state index contributed by atoms with van der Waals surface area (Å²) in [6.45, 7) is 0.670.